The van der Waals surface area contributed by atoms with Gasteiger partial charge in [-0.25, -0.2) is 9.78 Å². The van der Waals surface area contributed by atoms with Crippen LogP contribution in [0.3, 0.4) is 0 Å². The third kappa shape index (κ3) is 4.40. The van der Waals surface area contributed by atoms with Gasteiger partial charge >= 0.3 is 17.6 Å². The second-order valence-corrected chi connectivity index (χ2v) is 9.72. The molecule has 0 radical (unpaired) electrons. The van der Waals surface area contributed by atoms with Crippen LogP contribution in [0.15, 0.2) is 66.9 Å². The molecule has 0 unspecified atom stereocenters. The van der Waals surface area contributed by atoms with Gasteiger partial charge in [0.05, 0.1) is 24.7 Å². The van der Waals surface area contributed by atoms with Crippen LogP contribution in [0.25, 0.3) is 33.1 Å². The van der Waals surface area contributed by atoms with E-state index in [1.54, 1.807) is 7.11 Å². The minimum Gasteiger partial charge on any atom is -0.495 e. The lowest BCUT2D eigenvalue weighted by Crippen LogP contribution is -2.21. The summed E-state index contributed by atoms with van der Waals surface area (Å²) in [5, 5.41) is 7.89. The van der Waals surface area contributed by atoms with Gasteiger partial charge in [0.15, 0.2) is 0 Å². The number of aromatic amines is 2. The monoisotopic (exact) mass is 481 g/mol. The number of benzene rings is 3. The number of fused-ring (bicyclic) bond motifs is 2. The molecule has 0 saturated carbocycles. The Morgan fingerprint density at radius 3 is 2.50 bits per heavy atom. The molecule has 0 aliphatic rings. The number of anilines is 3. The number of pyridine rings is 1. The van der Waals surface area contributed by atoms with Gasteiger partial charge in [-0.3, -0.25) is 4.98 Å². The molecule has 8 heteroatoms. The zero-order chi connectivity index (χ0) is 25.4. The normalized spacial score (nSPS) is 11.6. The highest BCUT2D eigenvalue weighted by Crippen LogP contribution is 2.35. The van der Waals surface area contributed by atoms with Gasteiger partial charge in [0.2, 0.25) is 0 Å². The minimum atomic E-state index is -0.347. The Bertz CT molecular complexity index is 1600. The minimum absolute atomic E-state index is 0.0619. The Hall–Kier alpha value is -4.59. The molecule has 6 N–H and O–H groups in total. The van der Waals surface area contributed by atoms with Gasteiger partial charge in [-0.2, -0.15) is 0 Å². The van der Waals surface area contributed by atoms with Gasteiger partial charge in [-0.15, -0.1) is 0 Å². The number of nitrogens with one attached hydrogen (secondary N) is 4. The summed E-state index contributed by atoms with van der Waals surface area (Å²) in [6, 6.07) is 19.4. The quantitative estimate of drug-likeness (QED) is 0.262. The van der Waals surface area contributed by atoms with Crippen LogP contribution in [0.5, 0.6) is 5.75 Å². The van der Waals surface area contributed by atoms with E-state index >= 15 is 0 Å². The number of methoxy groups -OCH3 is 1. The predicted octanol–water partition coefficient (Wildman–Crippen LogP) is 5.73. The standard InChI is InChI=1S/C28H28N6O2/c1-28(2,3)17-9-12-24(36-4)22(14-17)33-27(35)32-21-11-10-18(19-7-5-6-8-20(19)21)16-13-23-25(30-15-16)34-26(29)31-23/h5-15H,1-4H3,(H2,32,33,35)(H3,29,30,31,34)/p+1. The maximum atomic E-state index is 13.1. The number of ether oxygens (including phenoxy) is 1. The van der Waals surface area contributed by atoms with Crippen molar-refractivity contribution in [3.8, 4) is 16.9 Å². The summed E-state index contributed by atoms with van der Waals surface area (Å²) in [5.41, 5.74) is 11.7. The number of urea groups is 1. The molecule has 5 rings (SSSR count). The topological polar surface area (TPSA) is 119 Å². The number of nitrogens with zero attached hydrogens (tertiary/aromatic N) is 1. The van der Waals surface area contributed by atoms with Crippen LogP contribution < -0.4 is 26.1 Å². The Labute approximate surface area is 208 Å². The lowest BCUT2D eigenvalue weighted by molar-refractivity contribution is -0.346. The van der Waals surface area contributed by atoms with Gasteiger partial charge in [-0.05, 0) is 51.2 Å². The average molecular weight is 482 g/mol. The van der Waals surface area contributed by atoms with Crippen LogP contribution in [0, 0.1) is 0 Å². The molecular formula is C28H29N6O2+. The van der Waals surface area contributed by atoms with Crippen LogP contribution in [0.4, 0.5) is 22.1 Å². The average Bonchev–Trinajstić information content (AvgIpc) is 3.23. The molecule has 0 aliphatic heterocycles. The van der Waals surface area contributed by atoms with Gasteiger partial charge < -0.3 is 21.1 Å². The van der Waals surface area contributed by atoms with E-state index in [0.29, 0.717) is 28.7 Å². The lowest BCUT2D eigenvalue weighted by atomic mass is 9.87. The van der Waals surface area contributed by atoms with E-state index in [0.717, 1.165) is 33.0 Å². The van der Waals surface area contributed by atoms with E-state index in [4.69, 9.17) is 10.5 Å². The van der Waals surface area contributed by atoms with Crippen molar-refractivity contribution < 1.29 is 14.5 Å². The molecular weight excluding hydrogens is 452 g/mol. The number of nitrogen functional groups attached to an aromatic ring is 1. The zero-order valence-corrected chi connectivity index (χ0v) is 20.7. The fourth-order valence-corrected chi connectivity index (χ4v) is 4.33. The van der Waals surface area contributed by atoms with Crippen LogP contribution in [0.1, 0.15) is 26.3 Å². The van der Waals surface area contributed by atoms with Crippen LogP contribution >= 0.6 is 0 Å². The summed E-state index contributed by atoms with van der Waals surface area (Å²) in [5.74, 6) is 0.961. The second-order valence-electron chi connectivity index (χ2n) is 9.72. The highest BCUT2D eigenvalue weighted by atomic mass is 16.5. The Morgan fingerprint density at radius 1 is 1.00 bits per heavy atom. The maximum Gasteiger partial charge on any atom is 0.349 e. The largest absolute Gasteiger partial charge is 0.495 e. The van der Waals surface area contributed by atoms with Crippen molar-refractivity contribution in [1.82, 2.24) is 9.97 Å². The molecule has 36 heavy (non-hydrogen) atoms. The summed E-state index contributed by atoms with van der Waals surface area (Å²) in [6.45, 7) is 6.38. The third-order valence-electron chi connectivity index (χ3n) is 6.21. The Morgan fingerprint density at radius 2 is 1.75 bits per heavy atom. The van der Waals surface area contributed by atoms with Crippen LogP contribution in [-0.4, -0.2) is 23.1 Å². The van der Waals surface area contributed by atoms with Crippen molar-refractivity contribution in [3.63, 3.8) is 0 Å². The van der Waals surface area contributed by atoms with E-state index in [1.807, 2.05) is 66.9 Å². The number of nitrogens with two attached hydrogens (primary N) is 1. The van der Waals surface area contributed by atoms with Crippen molar-refractivity contribution in [2.24, 2.45) is 0 Å². The molecule has 5 aromatic rings. The van der Waals surface area contributed by atoms with Gasteiger partial charge in [0.1, 0.15) is 11.3 Å². The number of H-pyrrole nitrogens is 2. The van der Waals surface area contributed by atoms with Gasteiger partial charge in [-0.1, -0.05) is 57.2 Å². The molecule has 2 amide bonds. The summed E-state index contributed by atoms with van der Waals surface area (Å²) < 4.78 is 5.47. The first-order valence-corrected chi connectivity index (χ1v) is 11.7. The summed E-state index contributed by atoms with van der Waals surface area (Å²) in [4.78, 5) is 23.5. The van der Waals surface area contributed by atoms with E-state index in [1.165, 1.54) is 0 Å². The van der Waals surface area contributed by atoms with Crippen LogP contribution in [0.2, 0.25) is 0 Å². The molecule has 0 aliphatic carbocycles. The van der Waals surface area contributed by atoms with Crippen molar-refractivity contribution >= 4 is 45.3 Å². The molecule has 8 nitrogen and oxygen atoms in total. The Kier molecular flexibility index (Phi) is 5.72. The van der Waals surface area contributed by atoms with E-state index < -0.39 is 0 Å². The highest BCUT2D eigenvalue weighted by Gasteiger charge is 2.18. The summed E-state index contributed by atoms with van der Waals surface area (Å²) in [7, 11) is 1.59. The first-order chi connectivity index (χ1) is 17.2. The fraction of sp³-hybridized carbons (Fsp3) is 0.179. The predicted molar refractivity (Wildman–Crippen MR) is 144 cm³/mol. The number of rotatable bonds is 4. The molecule has 3 aromatic carbocycles. The zero-order valence-electron chi connectivity index (χ0n) is 20.7. The van der Waals surface area contributed by atoms with Crippen molar-refractivity contribution in [2.45, 2.75) is 26.2 Å². The first kappa shape index (κ1) is 23.2. The smallest absolute Gasteiger partial charge is 0.349 e. The molecule has 182 valence electrons. The number of imidazole rings is 1. The number of aromatic nitrogens is 3. The van der Waals surface area contributed by atoms with Gasteiger partial charge in [0.25, 0.3) is 0 Å². The van der Waals surface area contributed by atoms with Gasteiger partial charge in [0, 0.05) is 10.9 Å². The number of hydrogen-bond donors (Lipinski definition) is 4. The van der Waals surface area contributed by atoms with Crippen molar-refractivity contribution in [2.75, 3.05) is 23.5 Å². The number of carbonyl (C=O) groups is 1. The number of amides is 2. The van der Waals surface area contributed by atoms with Crippen molar-refractivity contribution in [3.05, 3.63) is 72.4 Å². The second kappa shape index (κ2) is 8.88. The molecule has 0 atom stereocenters. The summed E-state index contributed by atoms with van der Waals surface area (Å²) >= 11 is 0. The number of carbonyl (C=O) groups excluding carboxylic acids is 1. The number of hydrogen-bond acceptors (Lipinski definition) is 4. The molecule has 0 bridgehead atoms. The Balaban J connectivity index is 1.47. The third-order valence-corrected chi connectivity index (χ3v) is 6.21. The van der Waals surface area contributed by atoms with Crippen molar-refractivity contribution in [1.29, 1.82) is 0 Å². The van der Waals surface area contributed by atoms with Crippen LogP contribution in [-0.2, 0) is 5.41 Å². The fourth-order valence-electron chi connectivity index (χ4n) is 4.33. The lowest BCUT2D eigenvalue weighted by Gasteiger charge is -2.21. The molecule has 0 fully saturated rings. The summed E-state index contributed by atoms with van der Waals surface area (Å²) in [6.07, 6.45) is 1.90. The van der Waals surface area contributed by atoms with E-state index in [-0.39, 0.29) is 11.4 Å². The molecule has 0 spiro atoms. The van der Waals surface area contributed by atoms with E-state index in [9.17, 15) is 4.79 Å². The van der Waals surface area contributed by atoms with E-state index in [2.05, 4.69) is 46.4 Å². The SMILES string of the molecule is COc1ccc(C(C)(C)C)cc1NC(=O)Nc1ccc(-c2c[nH+]c3nc(N)[nH]c3c2)c2ccccc12. The first-order valence-electron chi connectivity index (χ1n) is 11.7. The molecule has 2 aromatic heterocycles. The molecule has 2 heterocycles. The molecule has 0 saturated heterocycles. The highest BCUT2D eigenvalue weighted by molar-refractivity contribution is 6.10. The maximum absolute atomic E-state index is 13.1.